The number of hydrogen-bond donors (Lipinski definition) is 2. The second kappa shape index (κ2) is 5.89. The molecule has 20 heavy (non-hydrogen) atoms. The summed E-state index contributed by atoms with van der Waals surface area (Å²) < 4.78 is 16.6. The van der Waals surface area contributed by atoms with Crippen molar-refractivity contribution in [1.29, 1.82) is 0 Å². The Hall–Kier alpha value is -1.46. The molecule has 0 amide bonds. The number of methoxy groups -OCH3 is 3. The fourth-order valence-electron chi connectivity index (χ4n) is 3.04. The van der Waals surface area contributed by atoms with Gasteiger partial charge in [0.05, 0.1) is 27.4 Å². The Balaban J connectivity index is 2.82. The van der Waals surface area contributed by atoms with Crippen LogP contribution in [0.3, 0.4) is 0 Å². The summed E-state index contributed by atoms with van der Waals surface area (Å²) in [5.41, 5.74) is 2.60. The van der Waals surface area contributed by atoms with Gasteiger partial charge < -0.3 is 24.6 Å². The van der Waals surface area contributed by atoms with Gasteiger partial charge in [0.15, 0.2) is 11.5 Å². The molecule has 0 aliphatic carbocycles. The molecule has 2 N–H and O–H groups in total. The van der Waals surface area contributed by atoms with E-state index in [-0.39, 0.29) is 6.04 Å². The zero-order chi connectivity index (χ0) is 14.9. The smallest absolute Gasteiger partial charge is 0.167 e. The molecule has 1 aliphatic heterocycles. The van der Waals surface area contributed by atoms with E-state index in [0.717, 1.165) is 23.1 Å². The fraction of sp³-hybridized carbons (Fsp3) is 0.600. The van der Waals surface area contributed by atoms with Crippen LogP contribution in [0.2, 0.25) is 0 Å². The molecule has 1 heterocycles. The summed E-state index contributed by atoms with van der Waals surface area (Å²) in [6.07, 6.45) is 0.284. The summed E-state index contributed by atoms with van der Waals surface area (Å²) >= 11 is 0. The molecule has 1 unspecified atom stereocenters. The summed E-state index contributed by atoms with van der Waals surface area (Å²) in [6, 6.07) is 0.117. The number of aliphatic hydroxyl groups is 1. The SMILES string of the molecule is CC[C@@H]1NCC(O)c2c(OC)c(C)c(OC)c(OC)c21. The molecule has 0 spiro atoms. The van der Waals surface area contributed by atoms with Crippen LogP contribution in [0, 0.1) is 6.92 Å². The maximum atomic E-state index is 10.4. The topological polar surface area (TPSA) is 60.0 Å². The summed E-state index contributed by atoms with van der Waals surface area (Å²) in [5.74, 6) is 2.03. The first-order valence-electron chi connectivity index (χ1n) is 6.84. The average molecular weight is 281 g/mol. The third-order valence-corrected chi connectivity index (χ3v) is 3.93. The molecule has 1 aliphatic rings. The monoisotopic (exact) mass is 281 g/mol. The molecule has 1 aromatic rings. The lowest BCUT2D eigenvalue weighted by molar-refractivity contribution is 0.149. The van der Waals surface area contributed by atoms with Crippen LogP contribution in [-0.2, 0) is 0 Å². The molecule has 0 saturated carbocycles. The van der Waals surface area contributed by atoms with Crippen LogP contribution in [0.15, 0.2) is 0 Å². The van der Waals surface area contributed by atoms with Crippen LogP contribution >= 0.6 is 0 Å². The zero-order valence-corrected chi connectivity index (χ0v) is 12.7. The quantitative estimate of drug-likeness (QED) is 0.885. The first kappa shape index (κ1) is 14.9. The van der Waals surface area contributed by atoms with Crippen molar-refractivity contribution in [1.82, 2.24) is 5.32 Å². The highest BCUT2D eigenvalue weighted by Crippen LogP contribution is 2.50. The normalized spacial score (nSPS) is 21.3. The van der Waals surface area contributed by atoms with Crippen molar-refractivity contribution in [3.05, 3.63) is 16.7 Å². The highest BCUT2D eigenvalue weighted by Gasteiger charge is 2.34. The Morgan fingerprint density at radius 2 is 1.65 bits per heavy atom. The number of aliphatic hydroxyl groups excluding tert-OH is 1. The molecular formula is C15H23NO4. The van der Waals surface area contributed by atoms with Gasteiger partial charge in [-0.25, -0.2) is 0 Å². The van der Waals surface area contributed by atoms with E-state index in [2.05, 4.69) is 12.2 Å². The molecule has 1 aromatic carbocycles. The Bertz CT molecular complexity index is 501. The Morgan fingerprint density at radius 1 is 1.05 bits per heavy atom. The van der Waals surface area contributed by atoms with E-state index < -0.39 is 6.10 Å². The zero-order valence-electron chi connectivity index (χ0n) is 12.7. The van der Waals surface area contributed by atoms with Crippen LogP contribution in [0.25, 0.3) is 0 Å². The van der Waals surface area contributed by atoms with Gasteiger partial charge in [0.1, 0.15) is 5.75 Å². The standard InChI is InChI=1S/C15H23NO4/c1-6-9-11-12(10(17)7-16-9)13(18-3)8(2)14(19-4)15(11)20-5/h9-10,16-17H,6-7H2,1-5H3/t9-,10?/m0/s1. The molecule has 0 radical (unpaired) electrons. The van der Waals surface area contributed by atoms with Gasteiger partial charge in [0, 0.05) is 29.3 Å². The van der Waals surface area contributed by atoms with Gasteiger partial charge in [-0.3, -0.25) is 0 Å². The van der Waals surface area contributed by atoms with Crippen molar-refractivity contribution in [2.45, 2.75) is 32.4 Å². The van der Waals surface area contributed by atoms with Gasteiger partial charge in [0.2, 0.25) is 0 Å². The van der Waals surface area contributed by atoms with Crippen LogP contribution in [-0.4, -0.2) is 33.0 Å². The van der Waals surface area contributed by atoms with E-state index >= 15 is 0 Å². The van der Waals surface area contributed by atoms with Crippen LogP contribution in [0.1, 0.15) is 42.2 Å². The summed E-state index contributed by atoms with van der Waals surface area (Å²) in [5, 5.41) is 13.7. The number of ether oxygens (including phenoxy) is 3. The average Bonchev–Trinajstić information content (AvgIpc) is 2.46. The lowest BCUT2D eigenvalue weighted by atomic mass is 9.87. The lowest BCUT2D eigenvalue weighted by Crippen LogP contribution is -2.33. The van der Waals surface area contributed by atoms with Crippen LogP contribution < -0.4 is 19.5 Å². The summed E-state index contributed by atoms with van der Waals surface area (Å²) in [7, 11) is 4.85. The molecule has 5 nitrogen and oxygen atoms in total. The van der Waals surface area contributed by atoms with Crippen molar-refractivity contribution in [3.8, 4) is 17.2 Å². The maximum absolute atomic E-state index is 10.4. The molecule has 112 valence electrons. The number of rotatable bonds is 4. The second-order valence-corrected chi connectivity index (χ2v) is 4.94. The van der Waals surface area contributed by atoms with E-state index in [1.165, 1.54) is 0 Å². The second-order valence-electron chi connectivity index (χ2n) is 4.94. The van der Waals surface area contributed by atoms with Gasteiger partial charge in [-0.1, -0.05) is 6.92 Å². The predicted molar refractivity (Wildman–Crippen MR) is 76.8 cm³/mol. The van der Waals surface area contributed by atoms with Crippen LogP contribution in [0.4, 0.5) is 0 Å². The van der Waals surface area contributed by atoms with Gasteiger partial charge in [-0.05, 0) is 13.3 Å². The largest absolute Gasteiger partial charge is 0.496 e. The minimum atomic E-state index is -0.610. The van der Waals surface area contributed by atoms with Crippen molar-refractivity contribution in [2.24, 2.45) is 0 Å². The third-order valence-electron chi connectivity index (χ3n) is 3.93. The number of β-amino-alcohol motifs (C(OH)–C–C–N with tert-alkyl or cyclic N) is 1. The molecule has 0 saturated heterocycles. The predicted octanol–water partition coefficient (Wildman–Crippen LogP) is 2.11. The first-order chi connectivity index (χ1) is 9.60. The fourth-order valence-corrected chi connectivity index (χ4v) is 3.04. The summed E-state index contributed by atoms with van der Waals surface area (Å²) in [6.45, 7) is 4.52. The highest BCUT2D eigenvalue weighted by atomic mass is 16.5. The number of fused-ring (bicyclic) bond motifs is 1. The van der Waals surface area contributed by atoms with Crippen LogP contribution in [0.5, 0.6) is 17.2 Å². The van der Waals surface area contributed by atoms with E-state index in [0.29, 0.717) is 23.8 Å². The van der Waals surface area contributed by atoms with E-state index in [9.17, 15) is 5.11 Å². The Kier molecular flexibility index (Phi) is 4.40. The third kappa shape index (κ3) is 2.11. The van der Waals surface area contributed by atoms with Crippen molar-refractivity contribution in [2.75, 3.05) is 27.9 Å². The van der Waals surface area contributed by atoms with Crippen molar-refractivity contribution in [3.63, 3.8) is 0 Å². The molecule has 2 rings (SSSR count). The van der Waals surface area contributed by atoms with E-state index in [4.69, 9.17) is 14.2 Å². The lowest BCUT2D eigenvalue weighted by Gasteiger charge is -2.34. The Morgan fingerprint density at radius 3 is 2.15 bits per heavy atom. The number of hydrogen-bond acceptors (Lipinski definition) is 5. The molecular weight excluding hydrogens is 258 g/mol. The van der Waals surface area contributed by atoms with Gasteiger partial charge in [0.25, 0.3) is 0 Å². The first-order valence-corrected chi connectivity index (χ1v) is 6.84. The van der Waals surface area contributed by atoms with Gasteiger partial charge in [-0.2, -0.15) is 0 Å². The van der Waals surface area contributed by atoms with Gasteiger partial charge in [-0.15, -0.1) is 0 Å². The summed E-state index contributed by atoms with van der Waals surface area (Å²) in [4.78, 5) is 0. The van der Waals surface area contributed by atoms with E-state index in [1.807, 2.05) is 6.92 Å². The van der Waals surface area contributed by atoms with Gasteiger partial charge >= 0.3 is 0 Å². The molecule has 0 fully saturated rings. The minimum Gasteiger partial charge on any atom is -0.496 e. The molecule has 0 bridgehead atoms. The van der Waals surface area contributed by atoms with Crippen molar-refractivity contribution < 1.29 is 19.3 Å². The number of benzene rings is 1. The molecule has 2 atom stereocenters. The maximum Gasteiger partial charge on any atom is 0.167 e. The highest BCUT2D eigenvalue weighted by molar-refractivity contribution is 5.65. The van der Waals surface area contributed by atoms with E-state index in [1.54, 1.807) is 21.3 Å². The van der Waals surface area contributed by atoms with Crippen molar-refractivity contribution >= 4 is 0 Å². The molecule has 0 aromatic heterocycles. The molecule has 5 heteroatoms. The minimum absolute atomic E-state index is 0.117. The number of nitrogens with one attached hydrogen (secondary N) is 1. The Labute approximate surface area is 119 Å².